The molecule has 156 valence electrons. The number of piperidine rings is 1. The molecule has 2 saturated heterocycles. The Balaban J connectivity index is 1.25. The van der Waals surface area contributed by atoms with Crippen molar-refractivity contribution in [2.45, 2.75) is 18.9 Å². The van der Waals surface area contributed by atoms with Gasteiger partial charge in [0, 0.05) is 43.9 Å². The van der Waals surface area contributed by atoms with Crippen molar-refractivity contribution in [1.29, 1.82) is 0 Å². The van der Waals surface area contributed by atoms with E-state index in [4.69, 9.17) is 9.26 Å². The minimum absolute atomic E-state index is 0.224. The summed E-state index contributed by atoms with van der Waals surface area (Å²) >= 11 is 0. The Bertz CT molecular complexity index is 959. The lowest BCUT2D eigenvalue weighted by molar-refractivity contribution is 0.122. The topological polar surface area (TPSA) is 92.4 Å². The van der Waals surface area contributed by atoms with Gasteiger partial charge in [-0.2, -0.15) is 4.98 Å². The highest BCUT2D eigenvalue weighted by molar-refractivity contribution is 5.54. The molecule has 1 aromatic carbocycles. The second-order valence-corrected chi connectivity index (χ2v) is 7.55. The Hall–Kier alpha value is -3.20. The highest BCUT2D eigenvalue weighted by Gasteiger charge is 2.23. The number of morpholine rings is 1. The predicted molar refractivity (Wildman–Crippen MR) is 114 cm³/mol. The van der Waals surface area contributed by atoms with E-state index in [-0.39, 0.29) is 6.04 Å². The van der Waals surface area contributed by atoms with Crippen molar-refractivity contribution >= 4 is 17.6 Å². The van der Waals surface area contributed by atoms with Crippen LogP contribution in [0, 0.1) is 0 Å². The Morgan fingerprint density at radius 3 is 2.60 bits per heavy atom. The number of hydrogen-bond donors (Lipinski definition) is 1. The van der Waals surface area contributed by atoms with Crippen molar-refractivity contribution in [3.8, 4) is 11.5 Å². The van der Waals surface area contributed by atoms with Crippen LogP contribution in [-0.4, -0.2) is 65.5 Å². The van der Waals surface area contributed by atoms with Gasteiger partial charge >= 0.3 is 0 Å². The molecule has 2 aliphatic rings. The van der Waals surface area contributed by atoms with Crippen molar-refractivity contribution in [3.05, 3.63) is 42.7 Å². The smallest absolute Gasteiger partial charge is 0.264 e. The number of nitrogens with zero attached hydrogens (tertiary/aromatic N) is 6. The molecule has 4 heterocycles. The first kappa shape index (κ1) is 18.8. The summed E-state index contributed by atoms with van der Waals surface area (Å²) in [7, 11) is 0. The Labute approximate surface area is 175 Å². The highest BCUT2D eigenvalue weighted by Crippen LogP contribution is 2.24. The number of benzene rings is 1. The molecular formula is C21H25N7O2. The lowest BCUT2D eigenvalue weighted by Crippen LogP contribution is -2.43. The predicted octanol–water partition coefficient (Wildman–Crippen LogP) is 2.44. The normalized spacial score (nSPS) is 19.7. The number of hydrogen-bond acceptors (Lipinski definition) is 9. The van der Waals surface area contributed by atoms with Crippen LogP contribution in [0.2, 0.25) is 0 Å². The van der Waals surface area contributed by atoms with Gasteiger partial charge in [0.1, 0.15) is 18.0 Å². The van der Waals surface area contributed by atoms with Gasteiger partial charge in [-0.15, -0.1) is 0 Å². The summed E-state index contributed by atoms with van der Waals surface area (Å²) in [5, 5.41) is 7.52. The maximum atomic E-state index is 5.45. The highest BCUT2D eigenvalue weighted by atomic mass is 16.5. The lowest BCUT2D eigenvalue weighted by Gasteiger charge is -2.34. The fourth-order valence-electron chi connectivity index (χ4n) is 3.94. The van der Waals surface area contributed by atoms with Crippen LogP contribution in [0.5, 0.6) is 0 Å². The van der Waals surface area contributed by atoms with Crippen LogP contribution >= 0.6 is 0 Å². The van der Waals surface area contributed by atoms with Crippen LogP contribution in [0.3, 0.4) is 0 Å². The zero-order valence-corrected chi connectivity index (χ0v) is 16.8. The standard InChI is InChI=1S/C21H25N7O2/c1-2-5-16(6-3-1)20-25-21(26-30-20)24-17-7-4-8-28(14-17)19-13-18(22-15-23-19)27-9-11-29-12-10-27/h1-3,5-6,13,15,17H,4,7-12,14H2,(H,24,26). The molecule has 2 fully saturated rings. The summed E-state index contributed by atoms with van der Waals surface area (Å²) in [5.41, 5.74) is 0.917. The molecule has 0 radical (unpaired) electrons. The van der Waals surface area contributed by atoms with Crippen molar-refractivity contribution < 1.29 is 9.26 Å². The molecule has 30 heavy (non-hydrogen) atoms. The maximum absolute atomic E-state index is 5.45. The molecule has 2 aliphatic heterocycles. The lowest BCUT2D eigenvalue weighted by atomic mass is 10.1. The number of aromatic nitrogens is 4. The number of ether oxygens (including phenoxy) is 1. The van der Waals surface area contributed by atoms with Crippen molar-refractivity contribution in [3.63, 3.8) is 0 Å². The Morgan fingerprint density at radius 2 is 1.77 bits per heavy atom. The van der Waals surface area contributed by atoms with Crippen molar-refractivity contribution in [2.24, 2.45) is 0 Å². The zero-order valence-electron chi connectivity index (χ0n) is 16.8. The molecule has 0 aliphatic carbocycles. The Morgan fingerprint density at radius 1 is 0.967 bits per heavy atom. The molecule has 0 bridgehead atoms. The van der Waals surface area contributed by atoms with Gasteiger partial charge in [0.15, 0.2) is 0 Å². The molecule has 5 rings (SSSR count). The van der Waals surface area contributed by atoms with Crippen LogP contribution in [0.15, 0.2) is 47.2 Å². The SMILES string of the molecule is c1ccc(-c2nc(NC3CCCN(c4cc(N5CCOCC5)ncn4)C3)no2)cc1. The van der Waals surface area contributed by atoms with Gasteiger partial charge < -0.3 is 24.4 Å². The summed E-state index contributed by atoms with van der Waals surface area (Å²) < 4.78 is 10.9. The van der Waals surface area contributed by atoms with E-state index in [9.17, 15) is 0 Å². The quantitative estimate of drug-likeness (QED) is 0.684. The maximum Gasteiger partial charge on any atom is 0.264 e. The van der Waals surface area contributed by atoms with E-state index in [2.05, 4.69) is 41.3 Å². The summed E-state index contributed by atoms with van der Waals surface area (Å²) in [4.78, 5) is 18.0. The molecule has 0 spiro atoms. The van der Waals surface area contributed by atoms with Crippen LogP contribution in [0.1, 0.15) is 12.8 Å². The Kier molecular flexibility index (Phi) is 5.43. The van der Waals surface area contributed by atoms with E-state index in [1.807, 2.05) is 30.3 Å². The minimum Gasteiger partial charge on any atom is -0.378 e. The van der Waals surface area contributed by atoms with Crippen LogP contribution in [-0.2, 0) is 4.74 Å². The van der Waals surface area contributed by atoms with Gasteiger partial charge in [-0.25, -0.2) is 9.97 Å². The first-order valence-electron chi connectivity index (χ1n) is 10.4. The van der Waals surface area contributed by atoms with E-state index in [1.165, 1.54) is 0 Å². The molecule has 0 amide bonds. The summed E-state index contributed by atoms with van der Waals surface area (Å²) in [6, 6.07) is 12.1. The zero-order chi connectivity index (χ0) is 20.2. The second kappa shape index (κ2) is 8.66. The molecule has 1 unspecified atom stereocenters. The van der Waals surface area contributed by atoms with Gasteiger partial charge in [0.25, 0.3) is 11.8 Å². The van der Waals surface area contributed by atoms with E-state index >= 15 is 0 Å². The summed E-state index contributed by atoms with van der Waals surface area (Å²) in [6.07, 6.45) is 3.77. The van der Waals surface area contributed by atoms with Gasteiger partial charge in [-0.05, 0) is 30.1 Å². The molecule has 0 saturated carbocycles. The molecule has 1 N–H and O–H groups in total. The number of anilines is 3. The first-order valence-corrected chi connectivity index (χ1v) is 10.4. The number of rotatable bonds is 5. The van der Waals surface area contributed by atoms with Gasteiger partial charge in [0.05, 0.1) is 13.2 Å². The van der Waals surface area contributed by atoms with E-state index in [0.29, 0.717) is 11.8 Å². The van der Waals surface area contributed by atoms with Gasteiger partial charge in [0.2, 0.25) is 0 Å². The third kappa shape index (κ3) is 4.20. The first-order chi connectivity index (χ1) is 14.8. The minimum atomic E-state index is 0.224. The fourth-order valence-corrected chi connectivity index (χ4v) is 3.94. The number of nitrogens with one attached hydrogen (secondary N) is 1. The fraction of sp³-hybridized carbons (Fsp3) is 0.429. The molecule has 9 heteroatoms. The molecule has 3 aromatic rings. The molecule has 9 nitrogen and oxygen atoms in total. The van der Waals surface area contributed by atoms with Gasteiger partial charge in [-0.3, -0.25) is 0 Å². The summed E-state index contributed by atoms with van der Waals surface area (Å²) in [5.74, 6) is 2.97. The van der Waals surface area contributed by atoms with Crippen LogP contribution < -0.4 is 15.1 Å². The molecular weight excluding hydrogens is 382 g/mol. The second-order valence-electron chi connectivity index (χ2n) is 7.55. The third-order valence-corrected chi connectivity index (χ3v) is 5.50. The molecule has 2 aromatic heterocycles. The summed E-state index contributed by atoms with van der Waals surface area (Å²) in [6.45, 7) is 5.01. The van der Waals surface area contributed by atoms with Crippen molar-refractivity contribution in [2.75, 3.05) is 54.5 Å². The van der Waals surface area contributed by atoms with Crippen LogP contribution in [0.25, 0.3) is 11.5 Å². The van der Waals surface area contributed by atoms with Gasteiger partial charge in [-0.1, -0.05) is 18.2 Å². The van der Waals surface area contributed by atoms with Crippen LogP contribution in [0.4, 0.5) is 17.6 Å². The average Bonchev–Trinajstić information content (AvgIpc) is 3.29. The van der Waals surface area contributed by atoms with Crippen molar-refractivity contribution in [1.82, 2.24) is 20.1 Å². The van der Waals surface area contributed by atoms with E-state index < -0.39 is 0 Å². The largest absolute Gasteiger partial charge is 0.378 e. The van der Waals surface area contributed by atoms with E-state index in [1.54, 1.807) is 6.33 Å². The third-order valence-electron chi connectivity index (χ3n) is 5.50. The monoisotopic (exact) mass is 407 g/mol. The average molecular weight is 407 g/mol. The molecule has 1 atom stereocenters. The van der Waals surface area contributed by atoms with E-state index in [0.717, 1.165) is 69.4 Å².